The van der Waals surface area contributed by atoms with E-state index in [-0.39, 0.29) is 5.92 Å². The minimum atomic E-state index is -0.889. The Labute approximate surface area is 184 Å². The molecule has 0 radical (unpaired) electrons. The number of hydrogen-bond acceptors (Lipinski definition) is 5. The Kier molecular flexibility index (Phi) is 8.86. The standard InChI is InChI=1S/C22H25BrN2O5/c1-4-29-16-11-9-15(10-12-16)21(27)25-20(14(2)3)22(28)30-13-19(26)24-18-8-6-5-7-17(18)23/h5-12,14,20H,4,13H2,1-3H3,(H,24,26)(H,25,27)/t20-/m0/s1. The van der Waals surface area contributed by atoms with Gasteiger partial charge in [-0.1, -0.05) is 26.0 Å². The summed E-state index contributed by atoms with van der Waals surface area (Å²) >= 11 is 3.33. The summed E-state index contributed by atoms with van der Waals surface area (Å²) in [7, 11) is 0. The highest BCUT2D eigenvalue weighted by atomic mass is 79.9. The molecule has 2 amide bonds. The molecule has 0 aliphatic rings. The van der Waals surface area contributed by atoms with Gasteiger partial charge in [0.1, 0.15) is 11.8 Å². The number of anilines is 1. The Morgan fingerprint density at radius 1 is 1.03 bits per heavy atom. The fourth-order valence-electron chi connectivity index (χ4n) is 2.57. The Bertz CT molecular complexity index is 883. The zero-order valence-corrected chi connectivity index (χ0v) is 18.7. The molecular weight excluding hydrogens is 452 g/mol. The van der Waals surface area contributed by atoms with E-state index < -0.39 is 30.4 Å². The number of amides is 2. The second kappa shape index (κ2) is 11.3. The van der Waals surface area contributed by atoms with Gasteiger partial charge < -0.3 is 20.1 Å². The second-order valence-electron chi connectivity index (χ2n) is 6.79. The average molecular weight is 477 g/mol. The zero-order chi connectivity index (χ0) is 22.1. The predicted molar refractivity (Wildman–Crippen MR) is 117 cm³/mol. The molecule has 0 spiro atoms. The smallest absolute Gasteiger partial charge is 0.329 e. The summed E-state index contributed by atoms with van der Waals surface area (Å²) in [6.45, 7) is 5.51. The Hall–Kier alpha value is -2.87. The van der Waals surface area contributed by atoms with Gasteiger partial charge in [-0.3, -0.25) is 9.59 Å². The van der Waals surface area contributed by atoms with Crippen molar-refractivity contribution in [2.45, 2.75) is 26.8 Å². The van der Waals surface area contributed by atoms with Gasteiger partial charge in [0.05, 0.1) is 12.3 Å². The summed E-state index contributed by atoms with van der Waals surface area (Å²) in [5.41, 5.74) is 0.964. The highest BCUT2D eigenvalue weighted by molar-refractivity contribution is 9.10. The lowest BCUT2D eigenvalue weighted by atomic mass is 10.0. The lowest BCUT2D eigenvalue weighted by molar-refractivity contribution is -0.150. The molecule has 0 aliphatic heterocycles. The van der Waals surface area contributed by atoms with E-state index in [9.17, 15) is 14.4 Å². The first-order valence-corrected chi connectivity index (χ1v) is 10.4. The molecule has 8 heteroatoms. The molecule has 160 valence electrons. The highest BCUT2D eigenvalue weighted by Crippen LogP contribution is 2.21. The SMILES string of the molecule is CCOc1ccc(C(=O)N[C@H](C(=O)OCC(=O)Nc2ccccc2Br)C(C)C)cc1. The number of esters is 1. The molecule has 0 saturated heterocycles. The van der Waals surface area contributed by atoms with Crippen molar-refractivity contribution in [3.8, 4) is 5.75 Å². The number of para-hydroxylation sites is 1. The summed E-state index contributed by atoms with van der Waals surface area (Å²) < 4.78 is 11.2. The van der Waals surface area contributed by atoms with Crippen molar-refractivity contribution in [2.24, 2.45) is 5.92 Å². The number of ether oxygens (including phenoxy) is 2. The van der Waals surface area contributed by atoms with Gasteiger partial charge in [-0.15, -0.1) is 0 Å². The minimum Gasteiger partial charge on any atom is -0.494 e. The largest absolute Gasteiger partial charge is 0.494 e. The van der Waals surface area contributed by atoms with E-state index in [0.717, 1.165) is 0 Å². The Morgan fingerprint density at radius 3 is 2.30 bits per heavy atom. The first kappa shape index (κ1) is 23.4. The van der Waals surface area contributed by atoms with Crippen molar-refractivity contribution < 1.29 is 23.9 Å². The van der Waals surface area contributed by atoms with Gasteiger partial charge in [0.25, 0.3) is 11.8 Å². The summed E-state index contributed by atoms with van der Waals surface area (Å²) in [5.74, 6) is -1.13. The van der Waals surface area contributed by atoms with Crippen LogP contribution < -0.4 is 15.4 Å². The molecule has 1 atom stereocenters. The quantitative estimate of drug-likeness (QED) is 0.537. The van der Waals surface area contributed by atoms with Crippen molar-refractivity contribution in [3.63, 3.8) is 0 Å². The van der Waals surface area contributed by atoms with Crippen LogP contribution in [0.5, 0.6) is 5.75 Å². The molecule has 0 aromatic heterocycles. The van der Waals surface area contributed by atoms with E-state index in [1.54, 1.807) is 56.3 Å². The molecule has 2 aromatic carbocycles. The third kappa shape index (κ3) is 6.88. The minimum absolute atomic E-state index is 0.226. The van der Waals surface area contributed by atoms with Gasteiger partial charge in [-0.25, -0.2) is 4.79 Å². The fourth-order valence-corrected chi connectivity index (χ4v) is 2.95. The maximum atomic E-state index is 12.5. The van der Waals surface area contributed by atoms with E-state index in [1.165, 1.54) is 0 Å². The molecule has 0 heterocycles. The third-order valence-electron chi connectivity index (χ3n) is 4.13. The third-order valence-corrected chi connectivity index (χ3v) is 4.82. The van der Waals surface area contributed by atoms with Crippen LogP contribution in [0.2, 0.25) is 0 Å². The van der Waals surface area contributed by atoms with E-state index in [1.807, 2.05) is 13.0 Å². The number of rotatable bonds is 9. The summed E-state index contributed by atoms with van der Waals surface area (Å²) in [4.78, 5) is 37.1. The van der Waals surface area contributed by atoms with Crippen LogP contribution in [0.4, 0.5) is 5.69 Å². The van der Waals surface area contributed by atoms with Crippen LogP contribution in [0.3, 0.4) is 0 Å². The highest BCUT2D eigenvalue weighted by Gasteiger charge is 2.27. The van der Waals surface area contributed by atoms with E-state index >= 15 is 0 Å². The van der Waals surface area contributed by atoms with Crippen molar-refractivity contribution >= 4 is 39.4 Å². The van der Waals surface area contributed by atoms with E-state index in [2.05, 4.69) is 26.6 Å². The molecule has 0 fully saturated rings. The van der Waals surface area contributed by atoms with Gasteiger partial charge in [-0.05, 0) is 65.2 Å². The molecule has 0 unspecified atom stereocenters. The molecule has 7 nitrogen and oxygen atoms in total. The van der Waals surface area contributed by atoms with Crippen LogP contribution in [0.1, 0.15) is 31.1 Å². The number of carbonyl (C=O) groups excluding carboxylic acids is 3. The second-order valence-corrected chi connectivity index (χ2v) is 7.64. The van der Waals surface area contributed by atoms with Gasteiger partial charge in [0.15, 0.2) is 6.61 Å². The first-order valence-electron chi connectivity index (χ1n) is 9.56. The van der Waals surface area contributed by atoms with Crippen molar-refractivity contribution in [3.05, 3.63) is 58.6 Å². The molecule has 2 rings (SSSR count). The fraction of sp³-hybridized carbons (Fsp3) is 0.318. The Morgan fingerprint density at radius 2 is 1.70 bits per heavy atom. The van der Waals surface area contributed by atoms with Gasteiger partial charge in [-0.2, -0.15) is 0 Å². The molecule has 0 saturated carbocycles. The number of benzene rings is 2. The van der Waals surface area contributed by atoms with Crippen LogP contribution >= 0.6 is 15.9 Å². The van der Waals surface area contributed by atoms with Gasteiger partial charge in [0.2, 0.25) is 0 Å². The van der Waals surface area contributed by atoms with Crippen LogP contribution in [0, 0.1) is 5.92 Å². The predicted octanol–water partition coefficient (Wildman–Crippen LogP) is 3.78. The van der Waals surface area contributed by atoms with Crippen molar-refractivity contribution in [1.29, 1.82) is 0 Å². The lowest BCUT2D eigenvalue weighted by Crippen LogP contribution is -2.45. The first-order chi connectivity index (χ1) is 14.3. The van der Waals surface area contributed by atoms with Crippen molar-refractivity contribution in [1.82, 2.24) is 5.32 Å². The molecule has 2 N–H and O–H groups in total. The van der Waals surface area contributed by atoms with Gasteiger partial charge >= 0.3 is 5.97 Å². The molecule has 0 aliphatic carbocycles. The monoisotopic (exact) mass is 476 g/mol. The molecule has 2 aromatic rings. The average Bonchev–Trinajstić information content (AvgIpc) is 2.72. The Balaban J connectivity index is 1.93. The number of hydrogen-bond donors (Lipinski definition) is 2. The van der Waals surface area contributed by atoms with Crippen molar-refractivity contribution in [2.75, 3.05) is 18.5 Å². The number of carbonyl (C=O) groups is 3. The van der Waals surface area contributed by atoms with Gasteiger partial charge in [0, 0.05) is 10.0 Å². The number of nitrogens with one attached hydrogen (secondary N) is 2. The van der Waals surface area contributed by atoms with E-state index in [4.69, 9.17) is 9.47 Å². The summed E-state index contributed by atoms with van der Waals surface area (Å²) in [5, 5.41) is 5.33. The molecule has 30 heavy (non-hydrogen) atoms. The van der Waals surface area contributed by atoms with Crippen LogP contribution in [0.25, 0.3) is 0 Å². The van der Waals surface area contributed by atoms with Crippen LogP contribution in [-0.4, -0.2) is 37.0 Å². The maximum Gasteiger partial charge on any atom is 0.329 e. The topological polar surface area (TPSA) is 93.7 Å². The molecule has 0 bridgehead atoms. The number of halogens is 1. The van der Waals surface area contributed by atoms with Crippen LogP contribution in [-0.2, 0) is 14.3 Å². The summed E-state index contributed by atoms with van der Waals surface area (Å²) in [6, 6.07) is 12.8. The zero-order valence-electron chi connectivity index (χ0n) is 17.1. The molecular formula is C22H25BrN2O5. The lowest BCUT2D eigenvalue weighted by Gasteiger charge is -2.21. The normalized spacial score (nSPS) is 11.5. The van der Waals surface area contributed by atoms with Crippen LogP contribution in [0.15, 0.2) is 53.0 Å². The summed E-state index contributed by atoms with van der Waals surface area (Å²) in [6.07, 6.45) is 0. The van der Waals surface area contributed by atoms with E-state index in [0.29, 0.717) is 28.1 Å². The maximum absolute atomic E-state index is 12.5.